The highest BCUT2D eigenvalue weighted by atomic mass is 16.8. The van der Waals surface area contributed by atoms with E-state index in [0.717, 1.165) is 18.7 Å². The van der Waals surface area contributed by atoms with Crippen molar-refractivity contribution in [3.63, 3.8) is 0 Å². The van der Waals surface area contributed by atoms with Crippen LogP contribution in [0.3, 0.4) is 0 Å². The van der Waals surface area contributed by atoms with Gasteiger partial charge in [-0.3, -0.25) is 4.57 Å². The van der Waals surface area contributed by atoms with Gasteiger partial charge in [0.25, 0.3) is 0 Å². The van der Waals surface area contributed by atoms with Gasteiger partial charge in [0.05, 0.1) is 12.5 Å². The van der Waals surface area contributed by atoms with Crippen molar-refractivity contribution < 1.29 is 19.4 Å². The van der Waals surface area contributed by atoms with E-state index in [-0.39, 0.29) is 12.2 Å². The average molecular weight is 360 g/mol. The lowest BCUT2D eigenvalue weighted by Gasteiger charge is -2.23. The summed E-state index contributed by atoms with van der Waals surface area (Å²) in [4.78, 5) is 13.2. The van der Waals surface area contributed by atoms with Crippen molar-refractivity contribution in [2.45, 2.75) is 63.1 Å². The van der Waals surface area contributed by atoms with Crippen molar-refractivity contribution in [3.8, 4) is 0 Å². The van der Waals surface area contributed by atoms with Crippen molar-refractivity contribution in [2.75, 3.05) is 5.32 Å². The third-order valence-corrected chi connectivity index (χ3v) is 4.83. The number of anilines is 1. The second-order valence-electron chi connectivity index (χ2n) is 7.29. The topological polar surface area (TPSA) is 116 Å². The summed E-state index contributed by atoms with van der Waals surface area (Å²) in [7, 11) is 0. The number of fused-ring (bicyclic) bond motifs is 2. The fourth-order valence-corrected chi connectivity index (χ4v) is 3.58. The molecule has 4 atom stereocenters. The molecule has 138 valence electrons. The zero-order valence-corrected chi connectivity index (χ0v) is 14.4. The van der Waals surface area contributed by atoms with Gasteiger partial charge in [-0.1, -0.05) is 5.16 Å². The lowest BCUT2D eigenvalue weighted by Crippen LogP contribution is -2.30. The maximum absolute atomic E-state index is 8.94. The normalized spacial score (nSPS) is 33.2. The van der Waals surface area contributed by atoms with E-state index >= 15 is 0 Å². The molecule has 10 heteroatoms. The van der Waals surface area contributed by atoms with Crippen molar-refractivity contribution >= 4 is 23.2 Å². The number of aromatic nitrogens is 4. The van der Waals surface area contributed by atoms with Gasteiger partial charge in [-0.05, 0) is 26.7 Å². The van der Waals surface area contributed by atoms with Gasteiger partial charge in [-0.2, -0.15) is 0 Å². The first-order valence-corrected chi connectivity index (χ1v) is 8.68. The summed E-state index contributed by atoms with van der Waals surface area (Å²) in [5.41, 5.74) is 1.35. The van der Waals surface area contributed by atoms with Gasteiger partial charge >= 0.3 is 0 Å². The molecule has 1 aliphatic carbocycles. The second-order valence-corrected chi connectivity index (χ2v) is 7.29. The average Bonchev–Trinajstić information content (AvgIpc) is 3.08. The summed E-state index contributed by atoms with van der Waals surface area (Å²) in [6.45, 7) is 3.70. The molecule has 0 spiro atoms. The molecule has 1 saturated carbocycles. The Balaban J connectivity index is 1.52. The predicted molar refractivity (Wildman–Crippen MR) is 90.0 cm³/mol. The molecule has 0 amide bonds. The van der Waals surface area contributed by atoms with Crippen molar-refractivity contribution in [3.05, 3.63) is 12.7 Å². The van der Waals surface area contributed by atoms with Gasteiger partial charge in [-0.15, -0.1) is 0 Å². The number of hydrogen-bond acceptors (Lipinski definition) is 9. The number of oxime groups is 1. The molecular formula is C16H20N6O4. The molecule has 2 N–H and O–H groups in total. The minimum Gasteiger partial charge on any atom is -0.411 e. The van der Waals surface area contributed by atoms with E-state index < -0.39 is 18.1 Å². The van der Waals surface area contributed by atoms with Gasteiger partial charge in [0.1, 0.15) is 24.6 Å². The first kappa shape index (κ1) is 15.9. The van der Waals surface area contributed by atoms with Gasteiger partial charge in [0.2, 0.25) is 0 Å². The first-order valence-electron chi connectivity index (χ1n) is 8.68. The lowest BCUT2D eigenvalue weighted by molar-refractivity contribution is -0.188. The molecule has 0 aromatic carbocycles. The van der Waals surface area contributed by atoms with Gasteiger partial charge in [0, 0.05) is 6.04 Å². The summed E-state index contributed by atoms with van der Waals surface area (Å²) in [6, 6.07) is 0.461. The predicted octanol–water partition coefficient (Wildman–Crippen LogP) is 1.28. The smallest absolute Gasteiger partial charge is 0.167 e. The third-order valence-electron chi connectivity index (χ3n) is 4.83. The van der Waals surface area contributed by atoms with E-state index in [4.69, 9.17) is 19.4 Å². The molecule has 0 bridgehead atoms. The molecule has 26 heavy (non-hydrogen) atoms. The maximum atomic E-state index is 8.94. The Hall–Kier alpha value is -2.30. The van der Waals surface area contributed by atoms with Gasteiger partial charge < -0.3 is 24.7 Å². The fourth-order valence-electron chi connectivity index (χ4n) is 3.58. The molecular weight excluding hydrogens is 340 g/mol. The number of nitrogens with zero attached hydrogens (tertiary/aromatic N) is 5. The molecule has 0 radical (unpaired) electrons. The molecule has 2 aromatic rings. The lowest BCUT2D eigenvalue weighted by atomic mass is 10.1. The molecule has 2 aromatic heterocycles. The van der Waals surface area contributed by atoms with Crippen LogP contribution in [0.1, 0.15) is 32.9 Å². The quantitative estimate of drug-likeness (QED) is 0.476. The van der Waals surface area contributed by atoms with Crippen LogP contribution >= 0.6 is 0 Å². The number of nitrogens with one attached hydrogen (secondary N) is 1. The largest absolute Gasteiger partial charge is 0.411 e. The Morgan fingerprint density at radius 1 is 1.27 bits per heavy atom. The number of ether oxygens (including phenoxy) is 3. The van der Waals surface area contributed by atoms with Gasteiger partial charge in [-0.25, -0.2) is 15.0 Å². The van der Waals surface area contributed by atoms with E-state index in [2.05, 4.69) is 25.4 Å². The highest BCUT2D eigenvalue weighted by molar-refractivity contribution is 5.83. The molecule has 2 aliphatic heterocycles. The van der Waals surface area contributed by atoms with Crippen LogP contribution in [0.4, 0.5) is 5.82 Å². The fraction of sp³-hybridized carbons (Fsp3) is 0.625. The summed E-state index contributed by atoms with van der Waals surface area (Å²) < 4.78 is 19.8. The SMILES string of the molecule is CC1(C)O[C@@H]2[C@H](O1)[C@@H](/C=N/O)O[C@H]2n1cnc2c(NC3CC3)ncnc21. The minimum absolute atomic E-state index is 0.375. The Morgan fingerprint density at radius 2 is 2.08 bits per heavy atom. The third kappa shape index (κ3) is 2.52. The zero-order chi connectivity index (χ0) is 17.9. The van der Waals surface area contributed by atoms with E-state index in [1.54, 1.807) is 6.33 Å². The van der Waals surface area contributed by atoms with E-state index in [9.17, 15) is 0 Å². The summed E-state index contributed by atoms with van der Waals surface area (Å²) in [5.74, 6) is -0.0219. The molecule has 2 saturated heterocycles. The molecule has 0 unspecified atom stereocenters. The second kappa shape index (κ2) is 5.60. The Labute approximate surface area is 149 Å². The van der Waals surface area contributed by atoms with Crippen LogP contribution < -0.4 is 5.32 Å². The Morgan fingerprint density at radius 3 is 2.85 bits per heavy atom. The summed E-state index contributed by atoms with van der Waals surface area (Å²) >= 11 is 0. The minimum atomic E-state index is -0.747. The monoisotopic (exact) mass is 360 g/mol. The molecule has 3 aliphatic rings. The molecule has 3 fully saturated rings. The number of rotatable bonds is 4. The van der Waals surface area contributed by atoms with Crippen LogP contribution in [0, 0.1) is 0 Å². The van der Waals surface area contributed by atoms with E-state index in [1.165, 1.54) is 12.5 Å². The number of hydrogen-bond donors (Lipinski definition) is 2. The molecule has 10 nitrogen and oxygen atoms in total. The highest BCUT2D eigenvalue weighted by Crippen LogP contribution is 2.43. The van der Waals surface area contributed by atoms with Crippen LogP contribution in [0.2, 0.25) is 0 Å². The standard InChI is InChI=1S/C16H20N6O4/c1-16(2)25-11-9(5-20-23)24-15(12(11)26-16)22-7-19-10-13(21-8-3-4-8)17-6-18-14(10)22/h5-9,11-12,15,23H,3-4H2,1-2H3,(H,17,18,21)/b20-5+/t9-,11-,12-,15-/m1/s1. The van der Waals surface area contributed by atoms with E-state index in [1.807, 2.05) is 18.4 Å². The summed E-state index contributed by atoms with van der Waals surface area (Å²) in [6.07, 6.45) is 5.00. The zero-order valence-electron chi connectivity index (χ0n) is 14.4. The maximum Gasteiger partial charge on any atom is 0.167 e. The first-order chi connectivity index (χ1) is 12.6. The van der Waals surface area contributed by atoms with Crippen molar-refractivity contribution in [1.29, 1.82) is 0 Å². The van der Waals surface area contributed by atoms with Crippen LogP contribution in [0.5, 0.6) is 0 Å². The Bertz CT molecular complexity index is 864. The van der Waals surface area contributed by atoms with Gasteiger partial charge in [0.15, 0.2) is 29.0 Å². The Kier molecular flexibility index (Phi) is 3.43. The summed E-state index contributed by atoms with van der Waals surface area (Å²) in [5, 5.41) is 15.4. The van der Waals surface area contributed by atoms with E-state index in [0.29, 0.717) is 17.2 Å². The van der Waals surface area contributed by atoms with Crippen LogP contribution in [0.15, 0.2) is 17.8 Å². The molecule has 5 rings (SSSR count). The van der Waals surface area contributed by atoms with Crippen LogP contribution in [-0.2, 0) is 14.2 Å². The number of imidazole rings is 1. The van der Waals surface area contributed by atoms with Crippen molar-refractivity contribution in [2.24, 2.45) is 5.16 Å². The van der Waals surface area contributed by atoms with Crippen LogP contribution in [-0.4, -0.2) is 61.1 Å². The molecule has 4 heterocycles. The van der Waals surface area contributed by atoms with Crippen LogP contribution in [0.25, 0.3) is 11.2 Å². The van der Waals surface area contributed by atoms with Crippen molar-refractivity contribution in [1.82, 2.24) is 19.5 Å². The highest BCUT2D eigenvalue weighted by Gasteiger charge is 2.55.